The lowest BCUT2D eigenvalue weighted by molar-refractivity contribution is -0.384. The van der Waals surface area contributed by atoms with Gasteiger partial charge in [0.05, 0.1) is 4.92 Å². The number of benzene rings is 1. The number of nitrogens with two attached hydrogens (primary N) is 1. The van der Waals surface area contributed by atoms with E-state index in [2.05, 4.69) is 5.43 Å². The van der Waals surface area contributed by atoms with Crippen molar-refractivity contribution in [2.24, 2.45) is 5.84 Å². The average molecular weight is 202 g/mol. The van der Waals surface area contributed by atoms with Gasteiger partial charge in [0.1, 0.15) is 5.69 Å². The van der Waals surface area contributed by atoms with E-state index in [9.17, 15) is 10.1 Å². The van der Waals surface area contributed by atoms with E-state index in [1.165, 1.54) is 6.07 Å². The molecule has 0 aliphatic carbocycles. The third-order valence-corrected chi connectivity index (χ3v) is 1.88. The molecule has 6 heteroatoms. The van der Waals surface area contributed by atoms with Crippen LogP contribution in [0.15, 0.2) is 18.2 Å². The Labute approximate surface area is 79.6 Å². The summed E-state index contributed by atoms with van der Waals surface area (Å²) in [6.07, 6.45) is 0. The molecule has 0 aromatic heterocycles. The maximum absolute atomic E-state index is 10.5. The third-order valence-electron chi connectivity index (χ3n) is 1.57. The first-order valence-corrected chi connectivity index (χ1v) is 4.02. The fourth-order valence-corrected chi connectivity index (χ4v) is 1.11. The molecule has 0 atom stereocenters. The molecule has 0 spiro atoms. The second kappa shape index (κ2) is 4.06. The molecular weight excluding hydrogens is 194 g/mol. The molecule has 0 aliphatic rings. The molecule has 0 fully saturated rings. The summed E-state index contributed by atoms with van der Waals surface area (Å²) in [7, 11) is 0. The van der Waals surface area contributed by atoms with Crippen molar-refractivity contribution in [2.45, 2.75) is 5.88 Å². The lowest BCUT2D eigenvalue weighted by Crippen LogP contribution is -2.09. The summed E-state index contributed by atoms with van der Waals surface area (Å²) in [5.74, 6) is 5.41. The van der Waals surface area contributed by atoms with Crippen LogP contribution < -0.4 is 11.3 Å². The molecule has 0 aliphatic heterocycles. The Morgan fingerprint density at radius 2 is 2.31 bits per heavy atom. The van der Waals surface area contributed by atoms with Gasteiger partial charge in [-0.15, -0.1) is 11.6 Å². The van der Waals surface area contributed by atoms with Crippen LogP contribution in [0.25, 0.3) is 0 Å². The van der Waals surface area contributed by atoms with E-state index in [1.54, 1.807) is 12.1 Å². The topological polar surface area (TPSA) is 81.2 Å². The molecule has 5 nitrogen and oxygen atoms in total. The first-order valence-electron chi connectivity index (χ1n) is 3.49. The average Bonchev–Trinajstić information content (AvgIpc) is 2.16. The Balaban J connectivity index is 3.15. The number of hydrazine groups is 1. The molecule has 13 heavy (non-hydrogen) atoms. The van der Waals surface area contributed by atoms with Gasteiger partial charge in [-0.05, 0) is 11.6 Å². The Bertz CT molecular complexity index is 330. The van der Waals surface area contributed by atoms with Crippen molar-refractivity contribution in [1.29, 1.82) is 0 Å². The fraction of sp³-hybridized carbons (Fsp3) is 0.143. The number of nitrogens with one attached hydrogen (secondary N) is 1. The summed E-state index contributed by atoms with van der Waals surface area (Å²) in [4.78, 5) is 9.95. The Kier molecular flexibility index (Phi) is 3.05. The van der Waals surface area contributed by atoms with E-state index < -0.39 is 4.92 Å². The van der Waals surface area contributed by atoms with Crippen molar-refractivity contribution in [3.8, 4) is 0 Å². The molecule has 0 amide bonds. The molecule has 1 aromatic carbocycles. The van der Waals surface area contributed by atoms with E-state index in [-0.39, 0.29) is 11.4 Å². The Hall–Kier alpha value is -1.33. The number of halogens is 1. The lowest BCUT2D eigenvalue weighted by Gasteiger charge is -2.02. The molecule has 1 rings (SSSR count). The second-order valence-electron chi connectivity index (χ2n) is 2.39. The first-order chi connectivity index (χ1) is 6.19. The predicted octanol–water partition coefficient (Wildman–Crippen LogP) is 1.62. The van der Waals surface area contributed by atoms with Crippen molar-refractivity contribution in [3.63, 3.8) is 0 Å². The van der Waals surface area contributed by atoms with Crippen LogP contribution in [0.5, 0.6) is 0 Å². The molecule has 0 saturated carbocycles. The Morgan fingerprint density at radius 3 is 2.77 bits per heavy atom. The maximum Gasteiger partial charge on any atom is 0.293 e. The van der Waals surface area contributed by atoms with E-state index in [1.807, 2.05) is 0 Å². The van der Waals surface area contributed by atoms with E-state index in [4.69, 9.17) is 17.4 Å². The number of nitrogen functional groups attached to an aromatic ring is 1. The summed E-state index contributed by atoms with van der Waals surface area (Å²) in [6.45, 7) is 0. The van der Waals surface area contributed by atoms with Crippen LogP contribution in [0.2, 0.25) is 0 Å². The highest BCUT2D eigenvalue weighted by molar-refractivity contribution is 6.17. The molecule has 0 bridgehead atoms. The van der Waals surface area contributed by atoms with Crippen LogP contribution in [0.3, 0.4) is 0 Å². The van der Waals surface area contributed by atoms with Crippen LogP contribution in [-0.4, -0.2) is 4.92 Å². The summed E-state index contributed by atoms with van der Waals surface area (Å²) in [5, 5.41) is 10.5. The van der Waals surface area contributed by atoms with Crippen LogP contribution in [0, 0.1) is 10.1 Å². The van der Waals surface area contributed by atoms with Crippen LogP contribution >= 0.6 is 11.6 Å². The van der Waals surface area contributed by atoms with Crippen molar-refractivity contribution >= 4 is 23.0 Å². The van der Waals surface area contributed by atoms with E-state index in [0.717, 1.165) is 5.56 Å². The van der Waals surface area contributed by atoms with Gasteiger partial charge in [0.25, 0.3) is 5.69 Å². The van der Waals surface area contributed by atoms with Crippen molar-refractivity contribution in [1.82, 2.24) is 0 Å². The van der Waals surface area contributed by atoms with Gasteiger partial charge < -0.3 is 5.43 Å². The second-order valence-corrected chi connectivity index (χ2v) is 2.65. The number of rotatable bonds is 3. The molecule has 70 valence electrons. The number of anilines is 1. The zero-order valence-corrected chi connectivity index (χ0v) is 7.41. The molecule has 3 N–H and O–H groups in total. The standard InChI is InChI=1S/C7H8ClN3O2/c8-4-5-1-2-7(11(12)13)6(3-5)10-9/h1-3,10H,4,9H2. The van der Waals surface area contributed by atoms with Gasteiger partial charge in [0.2, 0.25) is 0 Å². The molecule has 1 aromatic rings. The quantitative estimate of drug-likeness (QED) is 0.337. The van der Waals surface area contributed by atoms with E-state index in [0.29, 0.717) is 5.88 Å². The zero-order valence-electron chi connectivity index (χ0n) is 6.66. The summed E-state index contributed by atoms with van der Waals surface area (Å²) in [6, 6.07) is 4.50. The molecule has 0 radical (unpaired) electrons. The fourth-order valence-electron chi connectivity index (χ4n) is 0.941. The smallest absolute Gasteiger partial charge is 0.293 e. The predicted molar refractivity (Wildman–Crippen MR) is 50.5 cm³/mol. The van der Waals surface area contributed by atoms with Crippen LogP contribution in [0.4, 0.5) is 11.4 Å². The molecule has 0 unspecified atom stereocenters. The number of hydrogen-bond donors (Lipinski definition) is 2. The largest absolute Gasteiger partial charge is 0.318 e. The monoisotopic (exact) mass is 201 g/mol. The normalized spacial score (nSPS) is 9.69. The minimum Gasteiger partial charge on any atom is -0.318 e. The van der Waals surface area contributed by atoms with Crippen molar-refractivity contribution < 1.29 is 4.92 Å². The maximum atomic E-state index is 10.5. The van der Waals surface area contributed by atoms with Crippen LogP contribution in [-0.2, 0) is 5.88 Å². The van der Waals surface area contributed by atoms with Gasteiger partial charge in [-0.25, -0.2) is 0 Å². The number of nitro groups is 1. The molecular formula is C7H8ClN3O2. The van der Waals surface area contributed by atoms with Gasteiger partial charge >= 0.3 is 0 Å². The van der Waals surface area contributed by atoms with Crippen molar-refractivity contribution in [2.75, 3.05) is 5.43 Å². The number of nitro benzene ring substituents is 1. The van der Waals surface area contributed by atoms with Crippen molar-refractivity contribution in [3.05, 3.63) is 33.9 Å². The van der Waals surface area contributed by atoms with Gasteiger partial charge in [-0.3, -0.25) is 16.0 Å². The summed E-state index contributed by atoms with van der Waals surface area (Å²) in [5.41, 5.74) is 3.24. The highest BCUT2D eigenvalue weighted by atomic mass is 35.5. The highest BCUT2D eigenvalue weighted by Gasteiger charge is 2.12. The Morgan fingerprint density at radius 1 is 1.62 bits per heavy atom. The number of nitrogens with zero attached hydrogens (tertiary/aromatic N) is 1. The summed E-state index contributed by atoms with van der Waals surface area (Å²) < 4.78 is 0. The van der Waals surface area contributed by atoms with E-state index >= 15 is 0 Å². The highest BCUT2D eigenvalue weighted by Crippen LogP contribution is 2.24. The number of alkyl halides is 1. The minimum absolute atomic E-state index is 0.0589. The van der Waals surface area contributed by atoms with Crippen LogP contribution in [0.1, 0.15) is 5.56 Å². The van der Waals surface area contributed by atoms with Gasteiger partial charge in [-0.1, -0.05) is 6.07 Å². The SMILES string of the molecule is NNc1cc(CCl)ccc1[N+](=O)[O-]. The first kappa shape index (κ1) is 9.76. The van der Waals surface area contributed by atoms with Gasteiger partial charge in [-0.2, -0.15) is 0 Å². The molecule has 0 saturated heterocycles. The number of hydrogen-bond acceptors (Lipinski definition) is 4. The minimum atomic E-state index is -0.507. The van der Waals surface area contributed by atoms with Gasteiger partial charge in [0.15, 0.2) is 0 Å². The lowest BCUT2D eigenvalue weighted by atomic mass is 10.2. The zero-order chi connectivity index (χ0) is 9.84. The third kappa shape index (κ3) is 2.07. The molecule has 0 heterocycles. The van der Waals surface area contributed by atoms with Gasteiger partial charge in [0, 0.05) is 11.9 Å². The summed E-state index contributed by atoms with van der Waals surface area (Å²) >= 11 is 5.55.